The largest absolute Gasteiger partial charge is 0.439 e. The molecule has 0 radical (unpaired) electrons. The van der Waals surface area contributed by atoms with Crippen LogP contribution in [0.25, 0.3) is 0 Å². The molecular formula is C13H12Br2N2O. The average Bonchev–Trinajstić information content (AvgIpc) is 2.31. The molecule has 2 aromatic rings. The quantitative estimate of drug-likeness (QED) is 0.718. The average molecular weight is 372 g/mol. The van der Waals surface area contributed by atoms with Gasteiger partial charge in [0.25, 0.3) is 0 Å². The van der Waals surface area contributed by atoms with E-state index in [-0.39, 0.29) is 0 Å². The van der Waals surface area contributed by atoms with Gasteiger partial charge in [0.15, 0.2) is 0 Å². The molecule has 1 aromatic carbocycles. The molecule has 0 saturated carbocycles. The summed E-state index contributed by atoms with van der Waals surface area (Å²) in [5, 5.41) is 0. The number of benzene rings is 1. The highest BCUT2D eigenvalue weighted by Gasteiger charge is 2.10. The Bertz CT molecular complexity index is 558. The van der Waals surface area contributed by atoms with Crippen LogP contribution < -0.4 is 4.74 Å². The Morgan fingerprint density at radius 2 is 1.89 bits per heavy atom. The molecule has 0 fully saturated rings. The summed E-state index contributed by atoms with van der Waals surface area (Å²) in [5.74, 6) is 1.72. The van der Waals surface area contributed by atoms with Crippen LogP contribution in [0.4, 0.5) is 0 Å². The van der Waals surface area contributed by atoms with Gasteiger partial charge in [-0.3, -0.25) is 0 Å². The molecule has 0 spiro atoms. The maximum atomic E-state index is 5.80. The van der Waals surface area contributed by atoms with Crippen molar-refractivity contribution in [2.24, 2.45) is 0 Å². The summed E-state index contributed by atoms with van der Waals surface area (Å²) in [7, 11) is 0. The number of hydrogen-bond acceptors (Lipinski definition) is 3. The third-order valence-corrected chi connectivity index (χ3v) is 3.34. The fourth-order valence-electron chi connectivity index (χ4n) is 1.55. The Balaban J connectivity index is 2.34. The highest BCUT2D eigenvalue weighted by Crippen LogP contribution is 2.32. The summed E-state index contributed by atoms with van der Waals surface area (Å²) in [5.41, 5.74) is 1.14. The summed E-state index contributed by atoms with van der Waals surface area (Å²) >= 11 is 6.77. The van der Waals surface area contributed by atoms with E-state index in [2.05, 4.69) is 61.7 Å². The van der Waals surface area contributed by atoms with E-state index < -0.39 is 0 Å². The first-order valence-electron chi connectivity index (χ1n) is 5.51. The minimum atomic E-state index is 0.378. The zero-order valence-electron chi connectivity index (χ0n) is 10.0. The van der Waals surface area contributed by atoms with Crippen molar-refractivity contribution in [1.82, 2.24) is 9.97 Å². The van der Waals surface area contributed by atoms with E-state index in [9.17, 15) is 0 Å². The van der Waals surface area contributed by atoms with Gasteiger partial charge in [0.2, 0.25) is 5.88 Å². The smallest absolute Gasteiger partial charge is 0.223 e. The molecule has 0 saturated heterocycles. The Morgan fingerprint density at radius 3 is 2.56 bits per heavy atom. The van der Waals surface area contributed by atoms with E-state index in [1.54, 1.807) is 6.07 Å². The van der Waals surface area contributed by atoms with Gasteiger partial charge in [-0.05, 0) is 45.6 Å². The molecule has 0 bridgehead atoms. The maximum Gasteiger partial charge on any atom is 0.223 e. The molecule has 0 amide bonds. The van der Waals surface area contributed by atoms with Gasteiger partial charge in [-0.1, -0.05) is 29.8 Å². The normalized spacial score (nSPS) is 10.7. The summed E-state index contributed by atoms with van der Waals surface area (Å²) in [6, 6.07) is 7.70. The first-order chi connectivity index (χ1) is 8.56. The first-order valence-corrected chi connectivity index (χ1v) is 7.09. The van der Waals surface area contributed by atoms with Crippen LogP contribution in [0.15, 0.2) is 39.7 Å². The second-order valence-electron chi connectivity index (χ2n) is 4.12. The van der Waals surface area contributed by atoms with Crippen molar-refractivity contribution in [1.29, 1.82) is 0 Å². The highest BCUT2D eigenvalue weighted by atomic mass is 79.9. The van der Waals surface area contributed by atoms with Crippen LogP contribution in [-0.2, 0) is 0 Å². The molecule has 1 heterocycles. The van der Waals surface area contributed by atoms with Gasteiger partial charge in [-0.2, -0.15) is 0 Å². The number of ether oxygens (including phenoxy) is 1. The van der Waals surface area contributed by atoms with Crippen LogP contribution in [-0.4, -0.2) is 9.97 Å². The minimum absolute atomic E-state index is 0.378. The van der Waals surface area contributed by atoms with Crippen LogP contribution >= 0.6 is 31.9 Å². The maximum absolute atomic E-state index is 5.80. The van der Waals surface area contributed by atoms with Gasteiger partial charge in [-0.25, -0.2) is 9.97 Å². The number of aromatic nitrogens is 2. The number of hydrogen-bond donors (Lipinski definition) is 0. The zero-order chi connectivity index (χ0) is 13.1. The van der Waals surface area contributed by atoms with Crippen LogP contribution in [0.2, 0.25) is 0 Å². The molecule has 18 heavy (non-hydrogen) atoms. The molecule has 0 atom stereocenters. The summed E-state index contributed by atoms with van der Waals surface area (Å²) < 4.78 is 7.55. The molecule has 2 rings (SSSR count). The van der Waals surface area contributed by atoms with Crippen molar-refractivity contribution < 1.29 is 4.74 Å². The van der Waals surface area contributed by atoms with Gasteiger partial charge in [0.1, 0.15) is 16.7 Å². The van der Waals surface area contributed by atoms with E-state index in [1.165, 1.54) is 6.33 Å². The van der Waals surface area contributed by atoms with Crippen LogP contribution in [0.5, 0.6) is 11.6 Å². The third kappa shape index (κ3) is 3.29. The molecule has 0 aliphatic rings. The molecule has 1 aromatic heterocycles. The lowest BCUT2D eigenvalue weighted by molar-refractivity contribution is 0.452. The molecule has 94 valence electrons. The van der Waals surface area contributed by atoms with Crippen LogP contribution in [0.3, 0.4) is 0 Å². The molecule has 0 N–H and O–H groups in total. The van der Waals surface area contributed by atoms with Crippen molar-refractivity contribution in [3.63, 3.8) is 0 Å². The second-order valence-corrected chi connectivity index (χ2v) is 5.85. The van der Waals surface area contributed by atoms with Gasteiger partial charge < -0.3 is 4.74 Å². The van der Waals surface area contributed by atoms with Crippen LogP contribution in [0.1, 0.15) is 25.3 Å². The van der Waals surface area contributed by atoms with Gasteiger partial charge in [0.05, 0.1) is 0 Å². The predicted octanol–water partition coefficient (Wildman–Crippen LogP) is 4.92. The van der Waals surface area contributed by atoms with E-state index >= 15 is 0 Å². The Labute approximate surface area is 123 Å². The first kappa shape index (κ1) is 13.5. The lowest BCUT2D eigenvalue weighted by atomic mass is 10.0. The van der Waals surface area contributed by atoms with Gasteiger partial charge in [-0.15, -0.1) is 0 Å². The third-order valence-electron chi connectivity index (χ3n) is 2.42. The zero-order valence-corrected chi connectivity index (χ0v) is 13.2. The standard InChI is InChI=1S/C13H12Br2N2O/c1-8(2)10-5-9(14)3-4-11(10)18-13-6-12(15)16-7-17-13/h3-8H,1-2H3. The van der Waals surface area contributed by atoms with Gasteiger partial charge in [0, 0.05) is 10.5 Å². The monoisotopic (exact) mass is 370 g/mol. The minimum Gasteiger partial charge on any atom is -0.439 e. The molecule has 3 nitrogen and oxygen atoms in total. The lowest BCUT2D eigenvalue weighted by Gasteiger charge is -2.13. The number of halogens is 2. The van der Waals surface area contributed by atoms with Gasteiger partial charge >= 0.3 is 0 Å². The van der Waals surface area contributed by atoms with Crippen molar-refractivity contribution >= 4 is 31.9 Å². The predicted molar refractivity (Wildman–Crippen MR) is 78.0 cm³/mol. The topological polar surface area (TPSA) is 35.0 Å². The molecule has 5 heteroatoms. The van der Waals surface area contributed by atoms with Crippen LogP contribution in [0, 0.1) is 0 Å². The van der Waals surface area contributed by atoms with E-state index in [4.69, 9.17) is 4.74 Å². The summed E-state index contributed by atoms with van der Waals surface area (Å²) in [4.78, 5) is 8.05. The summed E-state index contributed by atoms with van der Waals surface area (Å²) in [6.45, 7) is 4.26. The van der Waals surface area contributed by atoms with Crippen molar-refractivity contribution in [2.75, 3.05) is 0 Å². The fraction of sp³-hybridized carbons (Fsp3) is 0.231. The van der Waals surface area contributed by atoms with E-state index in [0.717, 1.165) is 15.8 Å². The summed E-state index contributed by atoms with van der Waals surface area (Å²) in [6.07, 6.45) is 1.47. The SMILES string of the molecule is CC(C)c1cc(Br)ccc1Oc1cc(Br)ncn1. The van der Waals surface area contributed by atoms with Crippen molar-refractivity contribution in [2.45, 2.75) is 19.8 Å². The van der Waals surface area contributed by atoms with Crippen molar-refractivity contribution in [3.05, 3.63) is 45.2 Å². The number of rotatable bonds is 3. The van der Waals surface area contributed by atoms with E-state index in [1.807, 2.05) is 12.1 Å². The Kier molecular flexibility index (Phi) is 4.35. The fourth-order valence-corrected chi connectivity index (χ4v) is 2.22. The molecule has 0 aliphatic heterocycles. The highest BCUT2D eigenvalue weighted by molar-refractivity contribution is 9.10. The Morgan fingerprint density at radius 1 is 1.11 bits per heavy atom. The second kappa shape index (κ2) is 5.80. The lowest BCUT2D eigenvalue weighted by Crippen LogP contribution is -1.95. The van der Waals surface area contributed by atoms with E-state index in [0.29, 0.717) is 16.4 Å². The van der Waals surface area contributed by atoms with Crippen molar-refractivity contribution in [3.8, 4) is 11.6 Å². The Hall–Kier alpha value is -0.940. The molecular weight excluding hydrogens is 360 g/mol. The number of nitrogens with zero attached hydrogens (tertiary/aromatic N) is 2. The molecule has 0 aliphatic carbocycles. The molecule has 0 unspecified atom stereocenters.